The number of nitrogens with one attached hydrogen (secondary N) is 1. The van der Waals surface area contributed by atoms with E-state index in [2.05, 4.69) is 26.6 Å². The van der Waals surface area contributed by atoms with Crippen molar-refractivity contribution >= 4 is 23.4 Å². The van der Waals surface area contributed by atoms with Crippen molar-refractivity contribution in [2.75, 3.05) is 19.6 Å². The van der Waals surface area contributed by atoms with E-state index >= 15 is 0 Å². The Hall–Kier alpha value is -2.49. The van der Waals surface area contributed by atoms with Gasteiger partial charge in [0.25, 0.3) is 0 Å². The van der Waals surface area contributed by atoms with Gasteiger partial charge in [-0.1, -0.05) is 56.1 Å². The molecule has 10 heteroatoms. The summed E-state index contributed by atoms with van der Waals surface area (Å²) >= 11 is 6.20. The van der Waals surface area contributed by atoms with Crippen molar-refractivity contribution in [3.8, 4) is 0 Å². The number of β-amino-alcohol motifs (C(OH)–C–C–N with tert-alkyl or cyclic N) is 1. The third-order valence-corrected chi connectivity index (χ3v) is 8.48. The van der Waals surface area contributed by atoms with Gasteiger partial charge in [-0.15, -0.1) is 5.10 Å². The van der Waals surface area contributed by atoms with Crippen LogP contribution in [0.5, 0.6) is 0 Å². The lowest BCUT2D eigenvalue weighted by Gasteiger charge is -2.37. The number of rotatable bonds is 8. The lowest BCUT2D eigenvalue weighted by Crippen LogP contribution is -2.53. The molecule has 3 fully saturated rings. The van der Waals surface area contributed by atoms with E-state index < -0.39 is 23.6 Å². The van der Waals surface area contributed by atoms with Gasteiger partial charge < -0.3 is 15.3 Å². The van der Waals surface area contributed by atoms with Crippen LogP contribution in [0.3, 0.4) is 0 Å². The van der Waals surface area contributed by atoms with Gasteiger partial charge in [-0.3, -0.25) is 14.5 Å². The number of aromatic nitrogens is 3. The molecule has 2 amide bonds. The van der Waals surface area contributed by atoms with E-state index in [0.717, 1.165) is 61.5 Å². The number of nitrogens with zero attached hydrogens (tertiary/aromatic N) is 5. The van der Waals surface area contributed by atoms with Gasteiger partial charge in [0.05, 0.1) is 11.8 Å². The first-order valence-electron chi connectivity index (χ1n) is 14.3. The summed E-state index contributed by atoms with van der Waals surface area (Å²) in [6.45, 7) is 8.37. The average molecular weight is 557 g/mol. The number of carbonyl (C=O) groups is 2. The highest BCUT2D eigenvalue weighted by atomic mass is 35.5. The smallest absolute Gasteiger partial charge is 0.248 e. The van der Waals surface area contributed by atoms with Crippen LogP contribution in [0.15, 0.2) is 30.5 Å². The molecule has 2 N–H and O–H groups in total. The Morgan fingerprint density at radius 2 is 2.00 bits per heavy atom. The zero-order valence-electron chi connectivity index (χ0n) is 23.2. The van der Waals surface area contributed by atoms with Gasteiger partial charge in [0.1, 0.15) is 12.1 Å². The van der Waals surface area contributed by atoms with E-state index in [-0.39, 0.29) is 30.8 Å². The van der Waals surface area contributed by atoms with Crippen molar-refractivity contribution < 1.29 is 14.7 Å². The fourth-order valence-electron chi connectivity index (χ4n) is 6.03. The highest BCUT2D eigenvalue weighted by Crippen LogP contribution is 2.40. The maximum Gasteiger partial charge on any atom is 0.248 e. The van der Waals surface area contributed by atoms with Crippen molar-refractivity contribution in [2.45, 2.75) is 96.0 Å². The summed E-state index contributed by atoms with van der Waals surface area (Å²) in [7, 11) is 0. The Labute approximate surface area is 235 Å². The molecule has 4 atom stereocenters. The predicted molar refractivity (Wildman–Crippen MR) is 149 cm³/mol. The number of halogens is 1. The van der Waals surface area contributed by atoms with Crippen molar-refractivity contribution in [3.63, 3.8) is 0 Å². The lowest BCUT2D eigenvalue weighted by atomic mass is 9.85. The molecule has 0 radical (unpaired) electrons. The van der Waals surface area contributed by atoms with Crippen LogP contribution in [0.4, 0.5) is 0 Å². The number of aliphatic hydroxyl groups excluding tert-OH is 1. The van der Waals surface area contributed by atoms with Crippen LogP contribution in [0, 0.1) is 5.41 Å². The van der Waals surface area contributed by atoms with E-state index in [4.69, 9.17) is 11.6 Å². The summed E-state index contributed by atoms with van der Waals surface area (Å²) in [5, 5.41) is 23.0. The molecule has 1 aliphatic carbocycles. The molecule has 2 saturated heterocycles. The van der Waals surface area contributed by atoms with Gasteiger partial charge in [0.15, 0.2) is 0 Å². The van der Waals surface area contributed by atoms with Gasteiger partial charge in [0.2, 0.25) is 11.8 Å². The summed E-state index contributed by atoms with van der Waals surface area (Å²) in [6, 6.07) is 6.78. The number of aliphatic hydroxyl groups is 1. The quantitative estimate of drug-likeness (QED) is 0.515. The molecule has 39 heavy (non-hydrogen) atoms. The number of piperidine rings is 1. The Balaban J connectivity index is 1.26. The van der Waals surface area contributed by atoms with E-state index in [1.165, 1.54) is 0 Å². The lowest BCUT2D eigenvalue weighted by molar-refractivity contribution is -0.144. The van der Waals surface area contributed by atoms with E-state index in [1.807, 2.05) is 45.2 Å². The van der Waals surface area contributed by atoms with Crippen molar-refractivity contribution in [2.24, 2.45) is 5.41 Å². The van der Waals surface area contributed by atoms with Gasteiger partial charge in [-0.2, -0.15) is 0 Å². The van der Waals surface area contributed by atoms with Crippen molar-refractivity contribution in [3.05, 3.63) is 46.7 Å². The number of carbonyl (C=O) groups excluding carboxylic acids is 2. The molecule has 3 aliphatic rings. The standard InChI is InChI=1S/C29H41ClN6O3/c1-29(2,3)26(36-18-24(32-33-36)20-10-11-20)28(39)35-17-23(37)14-25(35)27(38)31-15-22-9-4-5-12-34(22)16-19-7-6-8-21(30)13-19/h6-8,13,18,20,22-23,25-26,37H,4-5,9-12,14-17H2,1-3H3,(H,31,38). The first-order valence-corrected chi connectivity index (χ1v) is 14.6. The number of hydrogen-bond donors (Lipinski definition) is 2. The number of amides is 2. The molecular weight excluding hydrogens is 516 g/mol. The first kappa shape index (κ1) is 28.1. The first-order chi connectivity index (χ1) is 18.6. The molecule has 1 aromatic carbocycles. The molecular formula is C29H41ClN6O3. The zero-order valence-corrected chi connectivity index (χ0v) is 24.0. The Kier molecular flexibility index (Phi) is 8.31. The predicted octanol–water partition coefficient (Wildman–Crippen LogP) is 3.53. The Morgan fingerprint density at radius 3 is 2.72 bits per heavy atom. The monoisotopic (exact) mass is 556 g/mol. The van der Waals surface area contributed by atoms with Crippen molar-refractivity contribution in [1.29, 1.82) is 0 Å². The minimum atomic E-state index is -0.739. The minimum absolute atomic E-state index is 0.137. The Morgan fingerprint density at radius 1 is 1.21 bits per heavy atom. The van der Waals surface area contributed by atoms with Crippen LogP contribution >= 0.6 is 11.6 Å². The van der Waals surface area contributed by atoms with Gasteiger partial charge in [-0.25, -0.2) is 4.68 Å². The Bertz CT molecular complexity index is 1180. The molecule has 9 nitrogen and oxygen atoms in total. The summed E-state index contributed by atoms with van der Waals surface area (Å²) in [6.07, 6.45) is 6.82. The number of benzene rings is 1. The molecule has 2 aromatic rings. The molecule has 4 unspecified atom stereocenters. The molecule has 212 valence electrons. The van der Waals surface area contributed by atoms with Crippen LogP contribution in [-0.4, -0.2) is 79.5 Å². The number of likely N-dealkylation sites (tertiary alicyclic amines) is 2. The molecule has 1 saturated carbocycles. The fraction of sp³-hybridized carbons (Fsp3) is 0.655. The second kappa shape index (κ2) is 11.6. The van der Waals surface area contributed by atoms with Gasteiger partial charge in [0, 0.05) is 49.2 Å². The average Bonchev–Trinajstić information content (AvgIpc) is 3.49. The van der Waals surface area contributed by atoms with Crippen LogP contribution in [0.25, 0.3) is 0 Å². The largest absolute Gasteiger partial charge is 0.391 e. The maximum atomic E-state index is 14.0. The van der Waals surface area contributed by atoms with E-state index in [1.54, 1.807) is 9.58 Å². The normalized spacial score (nSPS) is 25.1. The van der Waals surface area contributed by atoms with Crippen LogP contribution in [-0.2, 0) is 16.1 Å². The molecule has 5 rings (SSSR count). The third-order valence-electron chi connectivity index (χ3n) is 8.24. The van der Waals surface area contributed by atoms with Gasteiger partial charge >= 0.3 is 0 Å². The summed E-state index contributed by atoms with van der Waals surface area (Å²) < 4.78 is 1.66. The maximum absolute atomic E-state index is 14.0. The van der Waals surface area contributed by atoms with E-state index in [9.17, 15) is 14.7 Å². The molecule has 3 heterocycles. The second-order valence-corrected chi connectivity index (χ2v) is 13.0. The van der Waals surface area contributed by atoms with Crippen molar-refractivity contribution in [1.82, 2.24) is 30.1 Å². The highest BCUT2D eigenvalue weighted by molar-refractivity contribution is 6.30. The zero-order chi connectivity index (χ0) is 27.7. The molecule has 0 bridgehead atoms. The minimum Gasteiger partial charge on any atom is -0.391 e. The summed E-state index contributed by atoms with van der Waals surface area (Å²) in [5.74, 6) is 0.0182. The number of hydrogen-bond acceptors (Lipinski definition) is 6. The fourth-order valence-corrected chi connectivity index (χ4v) is 6.24. The topological polar surface area (TPSA) is 104 Å². The van der Waals surface area contributed by atoms with Crippen LogP contribution < -0.4 is 5.32 Å². The van der Waals surface area contributed by atoms with Crippen LogP contribution in [0.1, 0.15) is 82.5 Å². The summed E-state index contributed by atoms with van der Waals surface area (Å²) in [5.41, 5.74) is 1.62. The highest BCUT2D eigenvalue weighted by Gasteiger charge is 2.45. The summed E-state index contributed by atoms with van der Waals surface area (Å²) in [4.78, 5) is 31.4. The SMILES string of the molecule is CC(C)(C)C(C(=O)N1CC(O)CC1C(=O)NCC1CCCCN1Cc1cccc(Cl)c1)n1cc(C2CC2)nn1. The third kappa shape index (κ3) is 6.64. The van der Waals surface area contributed by atoms with Gasteiger partial charge in [-0.05, 0) is 55.3 Å². The second-order valence-electron chi connectivity index (χ2n) is 12.6. The van der Waals surface area contributed by atoms with Crippen LogP contribution in [0.2, 0.25) is 5.02 Å². The molecule has 1 aromatic heterocycles. The molecule has 2 aliphatic heterocycles. The van der Waals surface area contributed by atoms with E-state index in [0.29, 0.717) is 12.5 Å². The molecule has 0 spiro atoms.